The van der Waals surface area contributed by atoms with Crippen molar-refractivity contribution in [3.63, 3.8) is 0 Å². The van der Waals surface area contributed by atoms with Gasteiger partial charge in [0.2, 0.25) is 0 Å². The molecule has 0 saturated carbocycles. The molecule has 0 spiro atoms. The Labute approximate surface area is 52.1 Å². The maximum absolute atomic E-state index is 4.83. The summed E-state index contributed by atoms with van der Waals surface area (Å²) in [5, 5.41) is 1.67. The highest BCUT2D eigenvalue weighted by Gasteiger charge is 2.02. The van der Waals surface area contributed by atoms with Crippen LogP contribution in [0.3, 0.4) is 0 Å². The Morgan fingerprint density at radius 2 is 2.75 bits per heavy atom. The Balaban J connectivity index is 2.19. The van der Waals surface area contributed by atoms with Gasteiger partial charge in [-0.1, -0.05) is 6.58 Å². The van der Waals surface area contributed by atoms with Crippen molar-refractivity contribution in [2.75, 3.05) is 0 Å². The first-order chi connectivity index (χ1) is 3.93. The first-order valence-corrected chi connectivity index (χ1v) is 2.93. The van der Waals surface area contributed by atoms with Gasteiger partial charge in [0.25, 0.3) is 0 Å². The van der Waals surface area contributed by atoms with Crippen LogP contribution in [-0.2, 0) is 4.84 Å². The molecule has 1 rings (SSSR count). The van der Waals surface area contributed by atoms with E-state index in [0.29, 0.717) is 0 Å². The standard InChI is InChI=1S/C4H6N2OS/c1-2-8-6-5-3-4-7-6/h2-5H,1H2. The zero-order chi connectivity index (χ0) is 5.82. The van der Waals surface area contributed by atoms with Crippen molar-refractivity contribution in [3.8, 4) is 0 Å². The van der Waals surface area contributed by atoms with Crippen molar-refractivity contribution in [1.29, 1.82) is 0 Å². The van der Waals surface area contributed by atoms with Gasteiger partial charge < -0.3 is 4.84 Å². The average molecular weight is 130 g/mol. The van der Waals surface area contributed by atoms with E-state index in [1.165, 1.54) is 16.5 Å². The van der Waals surface area contributed by atoms with Crippen molar-refractivity contribution >= 4 is 11.9 Å². The van der Waals surface area contributed by atoms with Crippen LogP contribution in [0.1, 0.15) is 0 Å². The van der Waals surface area contributed by atoms with E-state index in [1.807, 2.05) is 0 Å². The predicted molar refractivity (Wildman–Crippen MR) is 33.0 cm³/mol. The summed E-state index contributed by atoms with van der Waals surface area (Å²) in [7, 11) is 0. The molecule has 0 atom stereocenters. The summed E-state index contributed by atoms with van der Waals surface area (Å²) < 4.78 is 1.48. The van der Waals surface area contributed by atoms with Crippen LogP contribution in [0, 0.1) is 0 Å². The summed E-state index contributed by atoms with van der Waals surface area (Å²) in [5.74, 6) is 0. The van der Waals surface area contributed by atoms with Crippen molar-refractivity contribution in [2.45, 2.75) is 0 Å². The van der Waals surface area contributed by atoms with Crippen molar-refractivity contribution in [2.24, 2.45) is 0 Å². The summed E-state index contributed by atoms with van der Waals surface area (Å²) in [6.45, 7) is 3.50. The molecule has 44 valence electrons. The lowest BCUT2D eigenvalue weighted by Crippen LogP contribution is -2.19. The second kappa shape index (κ2) is 2.64. The highest BCUT2D eigenvalue weighted by Crippen LogP contribution is 2.10. The van der Waals surface area contributed by atoms with Crippen molar-refractivity contribution in [1.82, 2.24) is 10.0 Å². The van der Waals surface area contributed by atoms with Gasteiger partial charge in [-0.2, -0.15) is 0 Å². The van der Waals surface area contributed by atoms with Crippen LogP contribution in [0.2, 0.25) is 0 Å². The largest absolute Gasteiger partial charge is 0.381 e. The average Bonchev–Trinajstić information content (AvgIpc) is 2.19. The lowest BCUT2D eigenvalue weighted by molar-refractivity contribution is -0.00734. The maximum atomic E-state index is 4.83. The fraction of sp³-hybridized carbons (Fsp3) is 0. The van der Waals surface area contributed by atoms with E-state index in [-0.39, 0.29) is 0 Å². The number of hydrazine groups is 1. The van der Waals surface area contributed by atoms with Crippen LogP contribution < -0.4 is 5.43 Å². The number of hydrogen-bond donors (Lipinski definition) is 1. The number of nitrogens with zero attached hydrogens (tertiary/aromatic N) is 1. The first kappa shape index (κ1) is 5.53. The van der Waals surface area contributed by atoms with E-state index < -0.39 is 0 Å². The van der Waals surface area contributed by atoms with Crippen LogP contribution >= 0.6 is 11.9 Å². The molecule has 4 heteroatoms. The third kappa shape index (κ3) is 1.18. The van der Waals surface area contributed by atoms with Crippen LogP contribution in [0.5, 0.6) is 0 Å². The third-order valence-electron chi connectivity index (χ3n) is 0.575. The molecule has 0 radical (unpaired) electrons. The van der Waals surface area contributed by atoms with Gasteiger partial charge in [0.05, 0.1) is 6.20 Å². The molecule has 1 aliphatic heterocycles. The molecule has 1 N–H and O–H groups in total. The van der Waals surface area contributed by atoms with Crippen molar-refractivity contribution in [3.05, 3.63) is 24.4 Å². The second-order valence-corrected chi connectivity index (χ2v) is 1.94. The Kier molecular flexibility index (Phi) is 1.82. The summed E-state index contributed by atoms with van der Waals surface area (Å²) in [4.78, 5) is 4.83. The van der Waals surface area contributed by atoms with E-state index in [2.05, 4.69) is 12.0 Å². The molecule has 8 heavy (non-hydrogen) atoms. The molecule has 0 fully saturated rings. The Morgan fingerprint density at radius 1 is 1.88 bits per heavy atom. The highest BCUT2D eigenvalue weighted by atomic mass is 32.2. The zero-order valence-electron chi connectivity index (χ0n) is 4.20. The van der Waals surface area contributed by atoms with E-state index in [4.69, 9.17) is 4.84 Å². The molecule has 1 aliphatic rings. The molecule has 3 nitrogen and oxygen atoms in total. The molecule has 0 aromatic carbocycles. The summed E-state index contributed by atoms with van der Waals surface area (Å²) in [6.07, 6.45) is 3.24. The fourth-order valence-corrected chi connectivity index (χ4v) is 0.687. The van der Waals surface area contributed by atoms with Gasteiger partial charge in [-0.05, 0) is 5.41 Å². The monoisotopic (exact) mass is 130 g/mol. The van der Waals surface area contributed by atoms with Gasteiger partial charge >= 0.3 is 0 Å². The van der Waals surface area contributed by atoms with Gasteiger partial charge in [0.1, 0.15) is 6.26 Å². The summed E-state index contributed by atoms with van der Waals surface area (Å²) in [5.41, 5.74) is 2.78. The summed E-state index contributed by atoms with van der Waals surface area (Å²) >= 11 is 1.34. The quantitative estimate of drug-likeness (QED) is 0.563. The van der Waals surface area contributed by atoms with Gasteiger partial charge in [0.15, 0.2) is 0 Å². The van der Waals surface area contributed by atoms with Gasteiger partial charge in [0, 0.05) is 16.5 Å². The zero-order valence-corrected chi connectivity index (χ0v) is 5.02. The normalized spacial score (nSPS) is 17.5. The molecule has 1 heterocycles. The van der Waals surface area contributed by atoms with Crippen LogP contribution in [0.25, 0.3) is 0 Å². The minimum Gasteiger partial charge on any atom is -0.381 e. The molecule has 0 bridgehead atoms. The number of rotatable bonds is 2. The number of nitrogens with one attached hydrogen (secondary N) is 1. The van der Waals surface area contributed by atoms with Gasteiger partial charge in [-0.15, -0.1) is 0 Å². The van der Waals surface area contributed by atoms with Gasteiger partial charge in [-0.3, -0.25) is 5.43 Å². The summed E-state index contributed by atoms with van der Waals surface area (Å²) in [6, 6.07) is 0. The third-order valence-corrected chi connectivity index (χ3v) is 1.11. The minimum absolute atomic E-state index is 1.34. The lowest BCUT2D eigenvalue weighted by Gasteiger charge is -2.07. The van der Waals surface area contributed by atoms with E-state index in [0.717, 1.165) is 0 Å². The lowest BCUT2D eigenvalue weighted by atomic mass is 11.0. The highest BCUT2D eigenvalue weighted by molar-refractivity contribution is 7.99. The fourth-order valence-electron chi connectivity index (χ4n) is 0.330. The Bertz CT molecular complexity index is 107. The topological polar surface area (TPSA) is 24.5 Å². The smallest absolute Gasteiger partial charge is 0.132 e. The maximum Gasteiger partial charge on any atom is 0.132 e. The SMILES string of the molecule is C=CSN1NC=CO1. The first-order valence-electron chi connectivity index (χ1n) is 2.09. The van der Waals surface area contributed by atoms with E-state index >= 15 is 0 Å². The molecular formula is C4H6N2OS. The molecule has 0 aromatic rings. The van der Waals surface area contributed by atoms with Gasteiger partial charge in [-0.25, -0.2) is 0 Å². The minimum atomic E-state index is 1.34. The molecule has 0 aliphatic carbocycles. The molecule has 0 saturated heterocycles. The molecule has 0 unspecified atom stereocenters. The Hall–Kier alpha value is -0.610. The molecular weight excluding hydrogens is 124 g/mol. The van der Waals surface area contributed by atoms with E-state index in [9.17, 15) is 0 Å². The molecule has 0 aromatic heterocycles. The van der Waals surface area contributed by atoms with Crippen LogP contribution in [0.4, 0.5) is 0 Å². The van der Waals surface area contributed by atoms with Crippen LogP contribution in [-0.4, -0.2) is 4.58 Å². The second-order valence-electron chi connectivity index (χ2n) is 1.07. The molecule has 0 amide bonds. The number of hydrogen-bond acceptors (Lipinski definition) is 4. The van der Waals surface area contributed by atoms with Crippen LogP contribution in [0.15, 0.2) is 24.4 Å². The Morgan fingerprint density at radius 3 is 3.25 bits per heavy atom. The van der Waals surface area contributed by atoms with Crippen molar-refractivity contribution < 1.29 is 4.84 Å². The predicted octanol–water partition coefficient (Wildman–Crippen LogP) is 1.00. The van der Waals surface area contributed by atoms with E-state index in [1.54, 1.807) is 17.9 Å².